The number of para-hydroxylation sites is 2. The first-order valence-corrected chi connectivity index (χ1v) is 6.10. The van der Waals surface area contributed by atoms with Gasteiger partial charge in [-0.25, -0.2) is 4.39 Å². The summed E-state index contributed by atoms with van der Waals surface area (Å²) in [5, 5.41) is 12.2. The van der Waals surface area contributed by atoms with Gasteiger partial charge in [0.1, 0.15) is 11.3 Å². The van der Waals surface area contributed by atoms with Crippen molar-refractivity contribution < 1.29 is 8.82 Å². The molecular formula is C15H11FN2O2. The normalized spacial score (nSPS) is 10.9. The van der Waals surface area contributed by atoms with Gasteiger partial charge >= 0.3 is 0 Å². The van der Waals surface area contributed by atoms with Gasteiger partial charge in [-0.1, -0.05) is 12.1 Å². The van der Waals surface area contributed by atoms with Crippen molar-refractivity contribution in [2.45, 2.75) is 6.92 Å². The van der Waals surface area contributed by atoms with E-state index < -0.39 is 0 Å². The van der Waals surface area contributed by atoms with E-state index in [1.54, 1.807) is 31.2 Å². The second-order valence-corrected chi connectivity index (χ2v) is 4.52. The molecule has 0 aliphatic heterocycles. The first kappa shape index (κ1) is 12.3. The summed E-state index contributed by atoms with van der Waals surface area (Å²) in [5.41, 5.74) is 1.62. The Morgan fingerprint density at radius 2 is 1.75 bits per heavy atom. The molecule has 0 unspecified atom stereocenters. The molecule has 0 N–H and O–H groups in total. The molecule has 0 saturated carbocycles. The topological polar surface area (TPSA) is 51.0 Å². The molecule has 20 heavy (non-hydrogen) atoms. The second kappa shape index (κ2) is 4.45. The fourth-order valence-corrected chi connectivity index (χ4v) is 2.29. The summed E-state index contributed by atoms with van der Waals surface area (Å²) < 4.78 is 14.4. The predicted octanol–water partition coefficient (Wildman–Crippen LogP) is 3.02. The molecule has 0 saturated heterocycles. The van der Waals surface area contributed by atoms with Crippen molar-refractivity contribution in [3.8, 4) is 11.3 Å². The van der Waals surface area contributed by atoms with E-state index in [2.05, 4.69) is 0 Å². The molecule has 2 aromatic carbocycles. The van der Waals surface area contributed by atoms with Gasteiger partial charge in [0, 0.05) is 11.0 Å². The number of hydrogen-bond acceptors (Lipinski definition) is 2. The Bertz CT molecular complexity index is 854. The molecule has 0 radical (unpaired) electrons. The number of rotatable bonds is 1. The smallest absolute Gasteiger partial charge is 0.289 e. The standard InChI is InChI=1S/C15H11FN2O2/c1-10-15(11-6-8-12(16)9-7-11)18(20)14-5-3-2-4-13(14)17(10)19/h2-9H,1H3. The van der Waals surface area contributed by atoms with Gasteiger partial charge in [0.25, 0.3) is 11.2 Å². The third-order valence-corrected chi connectivity index (χ3v) is 3.29. The van der Waals surface area contributed by atoms with Crippen LogP contribution in [0.25, 0.3) is 22.3 Å². The van der Waals surface area contributed by atoms with Gasteiger partial charge in [0.2, 0.25) is 0 Å². The highest BCUT2D eigenvalue weighted by Crippen LogP contribution is 2.22. The molecule has 5 heteroatoms. The van der Waals surface area contributed by atoms with E-state index in [9.17, 15) is 14.5 Å². The van der Waals surface area contributed by atoms with Crippen molar-refractivity contribution in [2.24, 2.45) is 0 Å². The SMILES string of the molecule is Cc1c(-c2ccc(F)cc2)[n+](=O)c2ccccc2n1[O-]. The number of nitrogens with zero attached hydrogens (tertiary/aromatic N) is 2. The Labute approximate surface area is 113 Å². The zero-order valence-corrected chi connectivity index (χ0v) is 10.7. The summed E-state index contributed by atoms with van der Waals surface area (Å²) in [4.78, 5) is 12.5. The predicted molar refractivity (Wildman–Crippen MR) is 74.2 cm³/mol. The molecule has 0 spiro atoms. The van der Waals surface area contributed by atoms with Gasteiger partial charge in [0.15, 0.2) is 0 Å². The highest BCUT2D eigenvalue weighted by molar-refractivity contribution is 5.75. The number of halogens is 1. The van der Waals surface area contributed by atoms with E-state index in [0.29, 0.717) is 15.5 Å². The zero-order chi connectivity index (χ0) is 14.3. The van der Waals surface area contributed by atoms with E-state index in [0.717, 1.165) is 4.73 Å². The van der Waals surface area contributed by atoms with Crippen LogP contribution in [0.4, 0.5) is 4.39 Å². The third kappa shape index (κ3) is 1.75. The Morgan fingerprint density at radius 3 is 2.45 bits per heavy atom. The zero-order valence-electron chi connectivity index (χ0n) is 10.7. The Morgan fingerprint density at radius 1 is 1.10 bits per heavy atom. The molecule has 0 fully saturated rings. The van der Waals surface area contributed by atoms with Crippen molar-refractivity contribution in [1.29, 1.82) is 0 Å². The van der Waals surface area contributed by atoms with E-state index in [1.165, 1.54) is 24.3 Å². The summed E-state index contributed by atoms with van der Waals surface area (Å²) in [6.45, 7) is 1.58. The molecule has 0 atom stereocenters. The molecule has 0 aliphatic rings. The van der Waals surface area contributed by atoms with Gasteiger partial charge in [0.05, 0.1) is 15.7 Å². The minimum Gasteiger partial charge on any atom is -0.805 e. The average molecular weight is 270 g/mol. The molecule has 0 bridgehead atoms. The van der Waals surface area contributed by atoms with E-state index >= 15 is 0 Å². The number of fused-ring (bicyclic) bond motifs is 1. The van der Waals surface area contributed by atoms with Crippen LogP contribution >= 0.6 is 0 Å². The number of aromatic nitrogens is 2. The van der Waals surface area contributed by atoms with Gasteiger partial charge in [-0.05, 0) is 37.3 Å². The lowest BCUT2D eigenvalue weighted by Crippen LogP contribution is -2.23. The number of benzene rings is 2. The maximum Gasteiger partial charge on any atom is 0.289 e. The summed E-state index contributed by atoms with van der Waals surface area (Å²) in [5.74, 6) is -0.389. The largest absolute Gasteiger partial charge is 0.805 e. The highest BCUT2D eigenvalue weighted by atomic mass is 19.1. The lowest BCUT2D eigenvalue weighted by atomic mass is 10.1. The average Bonchev–Trinajstić information content (AvgIpc) is 2.47. The first-order valence-electron chi connectivity index (χ1n) is 6.10. The summed E-state index contributed by atoms with van der Waals surface area (Å²) in [6, 6.07) is 12.1. The fraction of sp³-hybridized carbons (Fsp3) is 0.0667. The van der Waals surface area contributed by atoms with Crippen LogP contribution < -0.4 is 4.43 Å². The molecule has 1 aromatic heterocycles. The molecule has 3 rings (SSSR count). The van der Waals surface area contributed by atoms with Crippen LogP contribution in [0.5, 0.6) is 0 Å². The van der Waals surface area contributed by atoms with E-state index in [1.807, 2.05) is 0 Å². The summed E-state index contributed by atoms with van der Waals surface area (Å²) in [7, 11) is 0. The van der Waals surface area contributed by atoms with Crippen LogP contribution in [0.3, 0.4) is 0 Å². The molecule has 100 valence electrons. The van der Waals surface area contributed by atoms with Crippen molar-refractivity contribution >= 4 is 11.0 Å². The van der Waals surface area contributed by atoms with Crippen LogP contribution in [0.1, 0.15) is 5.69 Å². The summed E-state index contributed by atoms with van der Waals surface area (Å²) in [6.07, 6.45) is 0. The lowest BCUT2D eigenvalue weighted by molar-refractivity contribution is -0.452. The van der Waals surface area contributed by atoms with Gasteiger partial charge < -0.3 is 9.94 Å². The van der Waals surface area contributed by atoms with Gasteiger partial charge in [-0.2, -0.15) is 0 Å². The second-order valence-electron chi connectivity index (χ2n) is 4.52. The van der Waals surface area contributed by atoms with Crippen LogP contribution in [0.15, 0.2) is 48.5 Å². The third-order valence-electron chi connectivity index (χ3n) is 3.29. The maximum absolute atomic E-state index is 13.0. The van der Waals surface area contributed by atoms with E-state index in [4.69, 9.17) is 0 Å². The molecule has 4 nitrogen and oxygen atoms in total. The van der Waals surface area contributed by atoms with Crippen molar-refractivity contribution in [3.63, 3.8) is 0 Å². The molecule has 1 heterocycles. The fourth-order valence-electron chi connectivity index (χ4n) is 2.29. The first-order chi connectivity index (χ1) is 9.59. The quantitative estimate of drug-likeness (QED) is 0.638. The van der Waals surface area contributed by atoms with Gasteiger partial charge in [-0.3, -0.25) is 0 Å². The maximum atomic E-state index is 13.0. The Balaban J connectivity index is 2.42. The van der Waals surface area contributed by atoms with Crippen molar-refractivity contribution in [2.75, 3.05) is 0 Å². The molecule has 0 aliphatic carbocycles. The Kier molecular flexibility index (Phi) is 2.75. The van der Waals surface area contributed by atoms with Gasteiger partial charge in [-0.15, -0.1) is 0 Å². The molecule has 0 amide bonds. The summed E-state index contributed by atoms with van der Waals surface area (Å²) >= 11 is 0. The number of hydrogen-bond donors (Lipinski definition) is 0. The highest BCUT2D eigenvalue weighted by Gasteiger charge is 2.21. The minimum absolute atomic E-state index is 0.235. The van der Waals surface area contributed by atoms with Crippen LogP contribution in [-0.2, 0) is 0 Å². The van der Waals surface area contributed by atoms with Crippen LogP contribution in [0.2, 0.25) is 0 Å². The monoisotopic (exact) mass is 270 g/mol. The molecule has 3 aromatic rings. The molecular weight excluding hydrogens is 259 g/mol. The van der Waals surface area contributed by atoms with Crippen LogP contribution in [-0.4, -0.2) is 4.73 Å². The van der Waals surface area contributed by atoms with Crippen molar-refractivity contribution in [3.05, 3.63) is 70.2 Å². The van der Waals surface area contributed by atoms with Crippen LogP contribution in [0, 0.1) is 22.9 Å². The van der Waals surface area contributed by atoms with Crippen molar-refractivity contribution in [1.82, 2.24) is 4.73 Å². The minimum atomic E-state index is -0.389. The Hall–Kier alpha value is -2.69. The lowest BCUT2D eigenvalue weighted by Gasteiger charge is -2.16. The van der Waals surface area contributed by atoms with E-state index in [-0.39, 0.29) is 22.7 Å².